The smallest absolute Gasteiger partial charge is 0.103 e. The van der Waals surface area contributed by atoms with E-state index >= 15 is 0 Å². The van der Waals surface area contributed by atoms with Crippen molar-refractivity contribution in [3.8, 4) is 0 Å². The molecule has 0 aromatic carbocycles. The Morgan fingerprint density at radius 2 is 1.88 bits per heavy atom. The molecule has 0 radical (unpaired) electrons. The van der Waals surface area contributed by atoms with Gasteiger partial charge in [0.1, 0.15) is 5.01 Å². The van der Waals surface area contributed by atoms with Crippen molar-refractivity contribution in [2.24, 2.45) is 5.73 Å². The molecule has 17 heavy (non-hydrogen) atoms. The molecule has 0 saturated heterocycles. The van der Waals surface area contributed by atoms with Gasteiger partial charge in [0.25, 0.3) is 0 Å². The first-order valence-electron chi connectivity index (χ1n) is 6.12. The molecular formula is C13H24N2S2. The molecule has 0 aliphatic carbocycles. The molecule has 0 aliphatic rings. The van der Waals surface area contributed by atoms with Gasteiger partial charge in [0, 0.05) is 16.2 Å². The minimum absolute atomic E-state index is 0.280. The van der Waals surface area contributed by atoms with E-state index in [2.05, 4.69) is 41.5 Å². The van der Waals surface area contributed by atoms with Crippen LogP contribution in [0.3, 0.4) is 0 Å². The van der Waals surface area contributed by atoms with Crippen molar-refractivity contribution in [2.45, 2.75) is 64.0 Å². The van der Waals surface area contributed by atoms with Crippen LogP contribution >= 0.6 is 23.1 Å². The number of rotatable bonds is 5. The van der Waals surface area contributed by atoms with Crippen LogP contribution in [0.5, 0.6) is 0 Å². The largest absolute Gasteiger partial charge is 0.321 e. The molecule has 1 aromatic rings. The number of hydrogen-bond donors (Lipinski definition) is 1. The van der Waals surface area contributed by atoms with Gasteiger partial charge in [-0.15, -0.1) is 11.3 Å². The van der Waals surface area contributed by atoms with Crippen LogP contribution in [0.25, 0.3) is 0 Å². The Hall–Kier alpha value is -0.0600. The van der Waals surface area contributed by atoms with E-state index in [0.29, 0.717) is 11.2 Å². The highest BCUT2D eigenvalue weighted by molar-refractivity contribution is 7.99. The topological polar surface area (TPSA) is 38.9 Å². The Morgan fingerprint density at radius 3 is 2.24 bits per heavy atom. The van der Waals surface area contributed by atoms with Gasteiger partial charge in [-0.1, -0.05) is 27.7 Å². The van der Waals surface area contributed by atoms with E-state index in [1.165, 1.54) is 15.6 Å². The Bertz CT molecular complexity index is 362. The van der Waals surface area contributed by atoms with E-state index in [9.17, 15) is 0 Å². The predicted molar refractivity (Wildman–Crippen MR) is 79.8 cm³/mol. The van der Waals surface area contributed by atoms with Crippen LogP contribution < -0.4 is 5.73 Å². The highest BCUT2D eigenvalue weighted by Crippen LogP contribution is 2.34. The molecule has 0 spiro atoms. The van der Waals surface area contributed by atoms with Crippen LogP contribution in [-0.2, 0) is 11.3 Å². The molecule has 98 valence electrons. The molecule has 2 N–H and O–H groups in total. The summed E-state index contributed by atoms with van der Waals surface area (Å²) in [6.07, 6.45) is 0. The minimum atomic E-state index is -0.280. The van der Waals surface area contributed by atoms with Gasteiger partial charge in [0.05, 0.1) is 5.69 Å². The summed E-state index contributed by atoms with van der Waals surface area (Å²) in [5, 5.41) is 1.86. The summed E-state index contributed by atoms with van der Waals surface area (Å²) in [4.78, 5) is 6.01. The molecule has 1 heterocycles. The lowest BCUT2D eigenvalue weighted by molar-refractivity contribution is 0.553. The predicted octanol–water partition coefficient (Wildman–Crippen LogP) is 4.10. The number of nitrogens with two attached hydrogens (primary N) is 1. The van der Waals surface area contributed by atoms with Gasteiger partial charge in [-0.2, -0.15) is 11.8 Å². The summed E-state index contributed by atoms with van der Waals surface area (Å²) in [5.74, 6) is 1.44. The van der Waals surface area contributed by atoms with Gasteiger partial charge in [0.2, 0.25) is 0 Å². The summed E-state index contributed by atoms with van der Waals surface area (Å²) in [6, 6.07) is 0. The second-order valence-electron chi connectivity index (χ2n) is 5.56. The van der Waals surface area contributed by atoms with Crippen LogP contribution in [0.1, 0.15) is 63.0 Å². The SMILES string of the molecule is CC(C)SCc1nc(C(C)C)c(C(C)(C)N)s1. The summed E-state index contributed by atoms with van der Waals surface area (Å²) >= 11 is 3.72. The Kier molecular flexibility index (Phi) is 5.05. The maximum absolute atomic E-state index is 6.23. The van der Waals surface area contributed by atoms with Crippen molar-refractivity contribution in [2.75, 3.05) is 0 Å². The number of hydrogen-bond acceptors (Lipinski definition) is 4. The van der Waals surface area contributed by atoms with Crippen LogP contribution in [0.4, 0.5) is 0 Å². The monoisotopic (exact) mass is 272 g/mol. The second-order valence-corrected chi connectivity index (χ2v) is 8.21. The minimum Gasteiger partial charge on any atom is -0.321 e. The van der Waals surface area contributed by atoms with E-state index < -0.39 is 0 Å². The lowest BCUT2D eigenvalue weighted by Crippen LogP contribution is -2.28. The first-order valence-corrected chi connectivity index (χ1v) is 7.99. The van der Waals surface area contributed by atoms with Gasteiger partial charge in [-0.05, 0) is 25.0 Å². The quantitative estimate of drug-likeness (QED) is 0.877. The summed E-state index contributed by atoms with van der Waals surface area (Å²) in [5.41, 5.74) is 7.13. The Balaban J connectivity index is 2.96. The molecule has 0 saturated carbocycles. The molecule has 4 heteroatoms. The van der Waals surface area contributed by atoms with E-state index in [1.807, 2.05) is 11.8 Å². The molecule has 0 amide bonds. The Labute approximate surface area is 113 Å². The third kappa shape index (κ3) is 4.27. The first kappa shape index (κ1) is 15.0. The fourth-order valence-corrected chi connectivity index (χ4v) is 3.54. The van der Waals surface area contributed by atoms with E-state index in [0.717, 1.165) is 5.75 Å². The van der Waals surface area contributed by atoms with E-state index in [4.69, 9.17) is 10.7 Å². The standard InChI is InChI=1S/C13H24N2S2/c1-8(2)11-12(13(5,6)14)17-10(15-11)7-16-9(3)4/h8-9H,7,14H2,1-6H3. The fourth-order valence-electron chi connectivity index (χ4n) is 1.53. The average molecular weight is 272 g/mol. The number of thiazole rings is 1. The lowest BCUT2D eigenvalue weighted by atomic mass is 9.98. The maximum atomic E-state index is 6.23. The van der Waals surface area contributed by atoms with Crippen molar-refractivity contribution >= 4 is 23.1 Å². The zero-order chi connectivity index (χ0) is 13.2. The Morgan fingerprint density at radius 1 is 1.29 bits per heavy atom. The molecule has 0 fully saturated rings. The van der Waals surface area contributed by atoms with Crippen molar-refractivity contribution in [3.05, 3.63) is 15.6 Å². The van der Waals surface area contributed by atoms with Crippen LogP contribution in [0.2, 0.25) is 0 Å². The average Bonchev–Trinajstić information content (AvgIpc) is 2.57. The van der Waals surface area contributed by atoms with Gasteiger partial charge < -0.3 is 5.73 Å². The van der Waals surface area contributed by atoms with Crippen LogP contribution in [-0.4, -0.2) is 10.2 Å². The molecule has 0 atom stereocenters. The van der Waals surface area contributed by atoms with Crippen LogP contribution in [0, 0.1) is 0 Å². The van der Waals surface area contributed by atoms with Gasteiger partial charge in [0.15, 0.2) is 0 Å². The fraction of sp³-hybridized carbons (Fsp3) is 0.769. The molecule has 1 aromatic heterocycles. The number of thioether (sulfide) groups is 1. The third-order valence-electron chi connectivity index (χ3n) is 2.37. The molecule has 2 nitrogen and oxygen atoms in total. The second kappa shape index (κ2) is 5.72. The number of aromatic nitrogens is 1. The molecule has 0 unspecified atom stereocenters. The zero-order valence-electron chi connectivity index (χ0n) is 11.7. The van der Waals surface area contributed by atoms with E-state index in [-0.39, 0.29) is 5.54 Å². The van der Waals surface area contributed by atoms with Crippen molar-refractivity contribution in [3.63, 3.8) is 0 Å². The highest BCUT2D eigenvalue weighted by atomic mass is 32.2. The maximum Gasteiger partial charge on any atom is 0.103 e. The molecular weight excluding hydrogens is 248 g/mol. The van der Waals surface area contributed by atoms with Crippen molar-refractivity contribution in [1.29, 1.82) is 0 Å². The van der Waals surface area contributed by atoms with Crippen molar-refractivity contribution < 1.29 is 0 Å². The van der Waals surface area contributed by atoms with Gasteiger partial charge in [-0.25, -0.2) is 4.98 Å². The zero-order valence-corrected chi connectivity index (χ0v) is 13.3. The van der Waals surface area contributed by atoms with Gasteiger partial charge in [-0.3, -0.25) is 0 Å². The summed E-state index contributed by atoms with van der Waals surface area (Å²) in [6.45, 7) is 12.9. The molecule has 1 rings (SSSR count). The summed E-state index contributed by atoms with van der Waals surface area (Å²) in [7, 11) is 0. The normalized spacial score (nSPS) is 12.8. The van der Waals surface area contributed by atoms with E-state index in [1.54, 1.807) is 11.3 Å². The van der Waals surface area contributed by atoms with Gasteiger partial charge >= 0.3 is 0 Å². The molecule has 0 aliphatic heterocycles. The third-order valence-corrected chi connectivity index (χ3v) is 5.07. The highest BCUT2D eigenvalue weighted by Gasteiger charge is 2.24. The first-order chi connectivity index (χ1) is 7.71. The lowest BCUT2D eigenvalue weighted by Gasteiger charge is -2.19. The van der Waals surface area contributed by atoms with Crippen LogP contribution in [0.15, 0.2) is 0 Å². The number of nitrogens with zero attached hydrogens (tertiary/aromatic N) is 1. The molecule has 0 bridgehead atoms. The summed E-state index contributed by atoms with van der Waals surface area (Å²) < 4.78 is 0. The van der Waals surface area contributed by atoms with Crippen molar-refractivity contribution in [1.82, 2.24) is 4.98 Å².